The van der Waals surface area contributed by atoms with E-state index >= 15 is 0 Å². The summed E-state index contributed by atoms with van der Waals surface area (Å²) < 4.78 is 1.15. The molecule has 0 atom stereocenters. The maximum atomic E-state index is 10.7. The van der Waals surface area contributed by atoms with Crippen molar-refractivity contribution in [1.82, 2.24) is 5.32 Å². The normalized spacial score (nSPS) is 18.3. The van der Waals surface area contributed by atoms with Gasteiger partial charge < -0.3 is 38.9 Å². The summed E-state index contributed by atoms with van der Waals surface area (Å²) in [4.78, 5) is 10.7. The molecule has 1 saturated heterocycles. The van der Waals surface area contributed by atoms with E-state index in [9.17, 15) is 4.79 Å². The quantitative estimate of drug-likeness (QED) is 0.316. The molecule has 0 aromatic heterocycles. The van der Waals surface area contributed by atoms with Crippen LogP contribution in [0.25, 0.3) is 0 Å². The zero-order valence-electron chi connectivity index (χ0n) is 9.34. The molecule has 0 spiro atoms. The highest BCUT2D eigenvalue weighted by Gasteiger charge is 2.25. The molecule has 1 rings (SSSR count). The van der Waals surface area contributed by atoms with E-state index in [1.54, 1.807) is 0 Å². The van der Waals surface area contributed by atoms with Crippen molar-refractivity contribution < 1.29 is 38.4 Å². The Morgan fingerprint density at radius 1 is 1.40 bits per heavy atom. The Bertz CT molecular complexity index is 194. The van der Waals surface area contributed by atoms with Crippen molar-refractivity contribution >= 4 is 5.91 Å². The number of amides is 1. The van der Waals surface area contributed by atoms with Crippen LogP contribution >= 0.6 is 0 Å². The lowest BCUT2D eigenvalue weighted by Gasteiger charge is -2.29. The number of hydrogen-bond donors (Lipinski definition) is 2. The largest absolute Gasteiger partial charge is 1.00 e. The molecule has 0 aromatic carbocycles. The first-order chi connectivity index (χ1) is 6.66. The SMILES string of the molecule is C[N+]1(CCCNC(=O)CO)CCCC1.[I-]. The van der Waals surface area contributed by atoms with Gasteiger partial charge in [0.25, 0.3) is 0 Å². The van der Waals surface area contributed by atoms with E-state index in [0.717, 1.165) is 17.4 Å². The summed E-state index contributed by atoms with van der Waals surface area (Å²) in [5.41, 5.74) is 0. The molecule has 2 N–H and O–H groups in total. The first-order valence-corrected chi connectivity index (χ1v) is 5.37. The fraction of sp³-hybridized carbons (Fsp3) is 0.900. The molecular weight excluding hydrogens is 307 g/mol. The number of halogens is 1. The third-order valence-corrected chi connectivity index (χ3v) is 2.99. The summed E-state index contributed by atoms with van der Waals surface area (Å²) in [6.45, 7) is 3.97. The minimum absolute atomic E-state index is 0. The van der Waals surface area contributed by atoms with Crippen LogP contribution in [0.3, 0.4) is 0 Å². The average molecular weight is 328 g/mol. The highest BCUT2D eigenvalue weighted by Crippen LogP contribution is 2.16. The molecule has 90 valence electrons. The summed E-state index contributed by atoms with van der Waals surface area (Å²) in [6.07, 6.45) is 3.67. The summed E-state index contributed by atoms with van der Waals surface area (Å²) in [5.74, 6) is -0.269. The van der Waals surface area contributed by atoms with E-state index < -0.39 is 6.61 Å². The molecule has 1 aliphatic rings. The van der Waals surface area contributed by atoms with Gasteiger partial charge in [0.1, 0.15) is 6.61 Å². The van der Waals surface area contributed by atoms with Crippen LogP contribution in [0.4, 0.5) is 0 Å². The molecule has 0 aromatic rings. The van der Waals surface area contributed by atoms with Gasteiger partial charge in [-0.2, -0.15) is 0 Å². The maximum Gasteiger partial charge on any atom is 0.245 e. The van der Waals surface area contributed by atoms with Crippen molar-refractivity contribution in [1.29, 1.82) is 0 Å². The van der Waals surface area contributed by atoms with Gasteiger partial charge in [0, 0.05) is 25.8 Å². The second-order valence-electron chi connectivity index (χ2n) is 4.36. The lowest BCUT2D eigenvalue weighted by atomic mass is 10.3. The van der Waals surface area contributed by atoms with Crippen molar-refractivity contribution in [3.63, 3.8) is 0 Å². The van der Waals surface area contributed by atoms with Gasteiger partial charge in [0.05, 0.1) is 26.7 Å². The second kappa shape index (κ2) is 7.40. The van der Waals surface area contributed by atoms with Crippen molar-refractivity contribution in [3.05, 3.63) is 0 Å². The van der Waals surface area contributed by atoms with Gasteiger partial charge >= 0.3 is 0 Å². The third-order valence-electron chi connectivity index (χ3n) is 2.99. The third kappa shape index (κ3) is 5.67. The van der Waals surface area contributed by atoms with Crippen LogP contribution in [-0.4, -0.2) is 55.3 Å². The number of aliphatic hydroxyl groups excluding tert-OH is 1. The van der Waals surface area contributed by atoms with Gasteiger partial charge in [-0.05, 0) is 0 Å². The molecule has 15 heavy (non-hydrogen) atoms. The second-order valence-corrected chi connectivity index (χ2v) is 4.36. The van der Waals surface area contributed by atoms with E-state index in [1.165, 1.54) is 25.9 Å². The first-order valence-electron chi connectivity index (χ1n) is 5.37. The number of carbonyl (C=O) groups excluding carboxylic acids is 1. The van der Waals surface area contributed by atoms with Crippen LogP contribution in [0.1, 0.15) is 19.3 Å². The molecule has 0 bridgehead atoms. The molecule has 1 amide bonds. The van der Waals surface area contributed by atoms with E-state index in [4.69, 9.17) is 5.11 Å². The monoisotopic (exact) mass is 328 g/mol. The Balaban J connectivity index is 0.00000196. The molecule has 0 saturated carbocycles. The average Bonchev–Trinajstić information content (AvgIpc) is 2.60. The summed E-state index contributed by atoms with van der Waals surface area (Å²) in [7, 11) is 2.28. The number of hydrogen-bond acceptors (Lipinski definition) is 2. The van der Waals surface area contributed by atoms with Crippen LogP contribution in [0.2, 0.25) is 0 Å². The lowest BCUT2D eigenvalue weighted by Crippen LogP contribution is -3.00. The van der Waals surface area contributed by atoms with E-state index in [1.807, 2.05) is 0 Å². The lowest BCUT2D eigenvalue weighted by molar-refractivity contribution is -0.897. The number of aliphatic hydroxyl groups is 1. The van der Waals surface area contributed by atoms with Crippen molar-refractivity contribution in [2.75, 3.05) is 39.8 Å². The first kappa shape index (κ1) is 15.1. The summed E-state index contributed by atoms with van der Waals surface area (Å²) >= 11 is 0. The van der Waals surface area contributed by atoms with E-state index in [-0.39, 0.29) is 29.9 Å². The van der Waals surface area contributed by atoms with Crippen molar-refractivity contribution in [3.8, 4) is 0 Å². The Morgan fingerprint density at radius 2 is 2.00 bits per heavy atom. The van der Waals surface area contributed by atoms with Crippen molar-refractivity contribution in [2.45, 2.75) is 19.3 Å². The predicted molar refractivity (Wildman–Crippen MR) is 54.7 cm³/mol. The van der Waals surface area contributed by atoms with Gasteiger partial charge in [0.2, 0.25) is 5.91 Å². The molecule has 1 fully saturated rings. The van der Waals surface area contributed by atoms with E-state index in [2.05, 4.69) is 12.4 Å². The smallest absolute Gasteiger partial charge is 0.245 e. The minimum Gasteiger partial charge on any atom is -1.00 e. The van der Waals surface area contributed by atoms with Gasteiger partial charge in [-0.25, -0.2) is 0 Å². The van der Waals surface area contributed by atoms with Gasteiger partial charge in [-0.1, -0.05) is 0 Å². The Hall–Kier alpha value is 0.120. The topological polar surface area (TPSA) is 49.3 Å². The van der Waals surface area contributed by atoms with E-state index in [0.29, 0.717) is 6.54 Å². The Morgan fingerprint density at radius 3 is 2.53 bits per heavy atom. The van der Waals surface area contributed by atoms with Crippen LogP contribution in [0, 0.1) is 0 Å². The fourth-order valence-corrected chi connectivity index (χ4v) is 2.07. The van der Waals surface area contributed by atoms with Crippen molar-refractivity contribution in [2.24, 2.45) is 0 Å². The van der Waals surface area contributed by atoms with Crippen LogP contribution in [0.5, 0.6) is 0 Å². The molecule has 0 unspecified atom stereocenters. The minimum atomic E-state index is -0.397. The maximum absolute atomic E-state index is 10.7. The number of nitrogens with one attached hydrogen (secondary N) is 1. The molecular formula is C10H21IN2O2. The predicted octanol–water partition coefficient (Wildman–Crippen LogP) is -3.27. The number of carbonyl (C=O) groups is 1. The fourth-order valence-electron chi connectivity index (χ4n) is 2.07. The number of nitrogens with zero attached hydrogens (tertiary/aromatic N) is 1. The zero-order valence-corrected chi connectivity index (χ0v) is 11.5. The number of quaternary nitrogens is 1. The molecule has 1 heterocycles. The Kier molecular flexibility index (Phi) is 7.46. The van der Waals surface area contributed by atoms with Gasteiger partial charge in [-0.3, -0.25) is 4.79 Å². The molecule has 0 radical (unpaired) electrons. The van der Waals surface area contributed by atoms with Crippen LogP contribution in [-0.2, 0) is 4.79 Å². The highest BCUT2D eigenvalue weighted by atomic mass is 127. The van der Waals surface area contributed by atoms with Gasteiger partial charge in [-0.15, -0.1) is 0 Å². The molecule has 5 heteroatoms. The van der Waals surface area contributed by atoms with Crippen LogP contribution in [0.15, 0.2) is 0 Å². The standard InChI is InChI=1S/C10H20N2O2.HI/c1-12(6-2-3-7-12)8-4-5-11-10(14)9-13;/h13H,2-9H2,1H3;1H. The molecule has 1 aliphatic heterocycles. The van der Waals surface area contributed by atoms with Crippen LogP contribution < -0.4 is 29.3 Å². The molecule has 0 aliphatic carbocycles. The highest BCUT2D eigenvalue weighted by molar-refractivity contribution is 5.76. The molecule has 4 nitrogen and oxygen atoms in total. The number of likely N-dealkylation sites (tertiary alicyclic amines) is 1. The summed E-state index contributed by atoms with van der Waals surface area (Å²) in [5, 5.41) is 11.2. The zero-order chi connectivity index (χ0) is 10.4. The Labute approximate surface area is 109 Å². The summed E-state index contributed by atoms with van der Waals surface area (Å²) in [6, 6.07) is 0. The number of rotatable bonds is 5. The van der Waals surface area contributed by atoms with Gasteiger partial charge in [0.15, 0.2) is 0 Å².